The summed E-state index contributed by atoms with van der Waals surface area (Å²) in [4.78, 5) is 0. The van der Waals surface area contributed by atoms with Crippen molar-refractivity contribution in [3.05, 3.63) is 21.3 Å². The Morgan fingerprint density at radius 2 is 1.05 bits per heavy atom. The largest absolute Gasteiger partial charge is 0.678 e. The van der Waals surface area contributed by atoms with Crippen LogP contribution in [0.1, 0.15) is 60.8 Å². The van der Waals surface area contributed by atoms with E-state index in [-0.39, 0.29) is 16.8 Å². The fraction of sp³-hybridized carbons (Fsp3) is 1.00. The van der Waals surface area contributed by atoms with Gasteiger partial charge in [-0.15, -0.1) is 24.2 Å². The van der Waals surface area contributed by atoms with E-state index in [1.165, 1.54) is 0 Å². The van der Waals surface area contributed by atoms with Crippen LogP contribution in [0.3, 0.4) is 0 Å². The van der Waals surface area contributed by atoms with E-state index in [1.807, 2.05) is 14.1 Å². The van der Waals surface area contributed by atoms with Crippen LogP contribution in [0, 0.1) is 0 Å². The molecule has 0 fully saturated rings. The zero-order chi connectivity index (χ0) is 16.0. The molecule has 0 heterocycles. The molecule has 0 rings (SSSR count). The molecule has 21 heavy (non-hydrogen) atoms. The Labute approximate surface area is 144 Å². The van der Waals surface area contributed by atoms with E-state index in [0.717, 1.165) is 19.3 Å². The molecule has 0 bridgehead atoms. The molecule has 5 heteroatoms. The Balaban J connectivity index is -0.000000300. The molecular weight excluding hydrogens is 307 g/mol. The zero-order valence-electron chi connectivity index (χ0n) is 15.3. The summed E-state index contributed by atoms with van der Waals surface area (Å²) in [6, 6.07) is 1.88. The first-order chi connectivity index (χ1) is 9.40. The van der Waals surface area contributed by atoms with Gasteiger partial charge in [0.15, 0.2) is 0 Å². The van der Waals surface area contributed by atoms with Crippen molar-refractivity contribution in [2.75, 3.05) is 20.8 Å². The molecule has 0 N–H and O–H groups in total. The van der Waals surface area contributed by atoms with Gasteiger partial charge in [-0.1, -0.05) is 60.8 Å². The van der Waals surface area contributed by atoms with Gasteiger partial charge < -0.3 is 21.3 Å². The first-order valence-corrected chi connectivity index (χ1v) is 7.92. The van der Waals surface area contributed by atoms with Gasteiger partial charge in [0.05, 0.1) is 0 Å². The summed E-state index contributed by atoms with van der Waals surface area (Å²) in [5.74, 6) is 0. The molecule has 0 amide bonds. The molecule has 0 aliphatic heterocycles. The maximum absolute atomic E-state index is 4.28. The van der Waals surface area contributed by atoms with Gasteiger partial charge in [0.2, 0.25) is 0 Å². The Bertz CT molecular complexity index is 163. The standard InChI is InChI=1S/C9H20N2.C7H16N2.Co/c1-5-8(10-3)7-9(6-2)11-4;1-6(2)8-5-9-7(3)4;/h8-9H,5-7H2,1-4H3;6-7H,5H2,1-4H3;/q2*-2;. The molecular formula is C16H36CoN4-4. The third kappa shape index (κ3) is 20.3. The number of rotatable bonds is 10. The summed E-state index contributed by atoms with van der Waals surface area (Å²) >= 11 is 0. The zero-order valence-corrected chi connectivity index (χ0v) is 16.3. The van der Waals surface area contributed by atoms with Crippen LogP contribution < -0.4 is 0 Å². The molecule has 0 saturated carbocycles. The van der Waals surface area contributed by atoms with Crippen molar-refractivity contribution in [2.24, 2.45) is 0 Å². The van der Waals surface area contributed by atoms with E-state index >= 15 is 0 Å². The summed E-state index contributed by atoms with van der Waals surface area (Å²) in [5, 5.41) is 17.0. The van der Waals surface area contributed by atoms with E-state index in [0.29, 0.717) is 30.8 Å². The second-order valence-corrected chi connectivity index (χ2v) is 5.57. The Morgan fingerprint density at radius 3 is 1.24 bits per heavy atom. The minimum Gasteiger partial charge on any atom is -0.678 e. The van der Waals surface area contributed by atoms with Gasteiger partial charge >= 0.3 is 0 Å². The van der Waals surface area contributed by atoms with Crippen LogP contribution in [0.4, 0.5) is 0 Å². The molecule has 0 aromatic carbocycles. The molecule has 2 unspecified atom stereocenters. The van der Waals surface area contributed by atoms with E-state index in [9.17, 15) is 0 Å². The molecule has 133 valence electrons. The fourth-order valence-electron chi connectivity index (χ4n) is 1.60. The quantitative estimate of drug-likeness (QED) is 0.507. The first kappa shape index (κ1) is 26.3. The first-order valence-electron chi connectivity index (χ1n) is 7.92. The second kappa shape index (κ2) is 18.4. The van der Waals surface area contributed by atoms with Crippen LogP contribution in [0.2, 0.25) is 0 Å². The summed E-state index contributed by atoms with van der Waals surface area (Å²) in [6.07, 6.45) is 3.41. The average Bonchev–Trinajstić information content (AvgIpc) is 2.40. The fourth-order valence-corrected chi connectivity index (χ4v) is 1.60. The second-order valence-electron chi connectivity index (χ2n) is 5.57. The van der Waals surface area contributed by atoms with E-state index < -0.39 is 0 Å². The minimum absolute atomic E-state index is 0. The van der Waals surface area contributed by atoms with E-state index in [1.54, 1.807) is 0 Å². The Kier molecular flexibility index (Phi) is 23.0. The average molecular weight is 343 g/mol. The topological polar surface area (TPSA) is 56.4 Å². The molecule has 1 radical (unpaired) electrons. The van der Waals surface area contributed by atoms with E-state index in [2.05, 4.69) is 62.8 Å². The van der Waals surface area contributed by atoms with Crippen molar-refractivity contribution in [2.45, 2.75) is 85.0 Å². The Hall–Kier alpha value is 0.346. The summed E-state index contributed by atoms with van der Waals surface area (Å²) in [7, 11) is 3.80. The summed E-state index contributed by atoms with van der Waals surface area (Å²) in [5.41, 5.74) is 0. The van der Waals surface area contributed by atoms with Gasteiger partial charge in [0.1, 0.15) is 0 Å². The SMILES string of the molecule is CC(C)[N-]C[N-]C(C)C.CCC(CC(CC)[N-]C)[N-]C.[Co]. The molecule has 0 aliphatic rings. The van der Waals surface area contributed by atoms with E-state index in [4.69, 9.17) is 0 Å². The normalized spacial score (nSPS) is 13.4. The number of nitrogens with zero attached hydrogens (tertiary/aromatic N) is 4. The van der Waals surface area contributed by atoms with Crippen LogP contribution in [0.15, 0.2) is 0 Å². The maximum Gasteiger partial charge on any atom is 0 e. The van der Waals surface area contributed by atoms with Gasteiger partial charge in [-0.25, -0.2) is 0 Å². The Morgan fingerprint density at radius 1 is 0.714 bits per heavy atom. The van der Waals surface area contributed by atoms with Crippen molar-refractivity contribution in [1.29, 1.82) is 0 Å². The van der Waals surface area contributed by atoms with Crippen molar-refractivity contribution in [3.63, 3.8) is 0 Å². The third-order valence-electron chi connectivity index (χ3n) is 3.11. The molecule has 0 aromatic rings. The predicted molar refractivity (Wildman–Crippen MR) is 93.2 cm³/mol. The van der Waals surface area contributed by atoms with Crippen molar-refractivity contribution < 1.29 is 16.8 Å². The smallest absolute Gasteiger partial charge is 0 e. The number of hydrogen-bond donors (Lipinski definition) is 0. The van der Waals surface area contributed by atoms with Crippen molar-refractivity contribution >= 4 is 0 Å². The van der Waals surface area contributed by atoms with Crippen LogP contribution in [0.5, 0.6) is 0 Å². The molecule has 0 spiro atoms. The molecule has 2 atom stereocenters. The maximum atomic E-state index is 4.28. The molecule has 0 saturated heterocycles. The van der Waals surface area contributed by atoms with Crippen molar-refractivity contribution in [1.82, 2.24) is 0 Å². The van der Waals surface area contributed by atoms with Crippen LogP contribution in [-0.2, 0) is 16.8 Å². The van der Waals surface area contributed by atoms with Crippen LogP contribution in [-0.4, -0.2) is 44.9 Å². The molecule has 0 aromatic heterocycles. The van der Waals surface area contributed by atoms with Gasteiger partial charge in [-0.05, 0) is 0 Å². The van der Waals surface area contributed by atoms with Gasteiger partial charge in [0.25, 0.3) is 0 Å². The van der Waals surface area contributed by atoms with Gasteiger partial charge in [-0.3, -0.25) is 6.67 Å². The summed E-state index contributed by atoms with van der Waals surface area (Å²) in [6.45, 7) is 13.3. The van der Waals surface area contributed by atoms with Crippen LogP contribution in [0.25, 0.3) is 21.3 Å². The third-order valence-corrected chi connectivity index (χ3v) is 3.11. The molecule has 4 nitrogen and oxygen atoms in total. The van der Waals surface area contributed by atoms with Crippen LogP contribution >= 0.6 is 0 Å². The minimum atomic E-state index is 0. The monoisotopic (exact) mass is 343 g/mol. The van der Waals surface area contributed by atoms with Crippen molar-refractivity contribution in [3.8, 4) is 0 Å². The molecule has 0 aliphatic carbocycles. The van der Waals surface area contributed by atoms with Gasteiger partial charge in [-0.2, -0.15) is 14.1 Å². The number of hydrogen-bond acceptors (Lipinski definition) is 0. The van der Waals surface area contributed by atoms with Gasteiger partial charge in [0, 0.05) is 16.8 Å². The predicted octanol–water partition coefficient (Wildman–Crippen LogP) is 5.45. The summed E-state index contributed by atoms with van der Waals surface area (Å²) < 4.78 is 0.